The van der Waals surface area contributed by atoms with E-state index >= 15 is 0 Å². The van der Waals surface area contributed by atoms with E-state index in [1.54, 1.807) is 0 Å². The third kappa shape index (κ3) is 1.48. The van der Waals surface area contributed by atoms with Crippen LogP contribution in [0.25, 0.3) is 0 Å². The molecule has 0 amide bonds. The van der Waals surface area contributed by atoms with E-state index in [1.165, 1.54) is 0 Å². The average Bonchev–Trinajstić information content (AvgIpc) is 1.69. The molecule has 0 aliphatic heterocycles. The Morgan fingerprint density at radius 2 is 2.43 bits per heavy atom. The Hall–Kier alpha value is -0.0400. The van der Waals surface area contributed by atoms with Crippen molar-refractivity contribution in [1.82, 2.24) is 0 Å². The number of hydrogen-bond acceptors (Lipinski definition) is 1. The van der Waals surface area contributed by atoms with Gasteiger partial charge in [-0.15, -0.1) is 0 Å². The molecule has 1 aliphatic carbocycles. The summed E-state index contributed by atoms with van der Waals surface area (Å²) in [6.45, 7) is 0. The zero-order chi connectivity index (χ0) is 5.11. The first-order valence-corrected chi connectivity index (χ1v) is 2.72. The zero-order valence-corrected chi connectivity index (χ0v) is 4.30. The lowest BCUT2D eigenvalue weighted by molar-refractivity contribution is 0.184. The van der Waals surface area contributed by atoms with Crippen LogP contribution in [0.4, 0.5) is 0 Å². The second kappa shape index (κ2) is 2.31. The molecule has 1 nitrogen and oxygen atoms in total. The van der Waals surface area contributed by atoms with E-state index in [2.05, 4.69) is 6.42 Å². The Bertz CT molecular complexity index is 46.1. The smallest absolute Gasteiger partial charge is 0.0572 e. The molecule has 0 aromatic heterocycles. The topological polar surface area (TPSA) is 20.2 Å². The highest BCUT2D eigenvalue weighted by Crippen LogP contribution is 2.14. The predicted molar refractivity (Wildman–Crippen MR) is 28.5 cm³/mol. The van der Waals surface area contributed by atoms with Gasteiger partial charge in [-0.05, 0) is 32.1 Å². The first kappa shape index (κ1) is 5.10. The second-order valence-electron chi connectivity index (χ2n) is 1.90. The number of rotatable bonds is 0. The summed E-state index contributed by atoms with van der Waals surface area (Å²) in [6, 6.07) is 0. The summed E-state index contributed by atoms with van der Waals surface area (Å²) in [5.41, 5.74) is 0. The highest BCUT2D eigenvalue weighted by molar-refractivity contribution is 4.88. The highest BCUT2D eigenvalue weighted by atomic mass is 16.3. The lowest BCUT2D eigenvalue weighted by Crippen LogP contribution is -2.11. The molecule has 1 unspecified atom stereocenters. The van der Waals surface area contributed by atoms with Crippen molar-refractivity contribution in [2.24, 2.45) is 0 Å². The van der Waals surface area contributed by atoms with Crippen molar-refractivity contribution in [2.75, 3.05) is 0 Å². The largest absolute Gasteiger partial charge is 0.393 e. The third-order valence-corrected chi connectivity index (χ3v) is 1.24. The van der Waals surface area contributed by atoms with Crippen molar-refractivity contribution in [3.63, 3.8) is 0 Å². The molecule has 1 rings (SSSR count). The molecular weight excluding hydrogens is 88.1 g/mol. The van der Waals surface area contributed by atoms with Crippen LogP contribution in [0.2, 0.25) is 0 Å². The van der Waals surface area contributed by atoms with Gasteiger partial charge >= 0.3 is 0 Å². The van der Waals surface area contributed by atoms with Gasteiger partial charge < -0.3 is 5.11 Å². The van der Waals surface area contributed by atoms with Gasteiger partial charge in [0.15, 0.2) is 0 Å². The van der Waals surface area contributed by atoms with Crippen molar-refractivity contribution in [2.45, 2.75) is 25.4 Å². The highest BCUT2D eigenvalue weighted by Gasteiger charge is 2.08. The summed E-state index contributed by atoms with van der Waals surface area (Å²) in [6.07, 6.45) is 7.00. The van der Waals surface area contributed by atoms with Crippen LogP contribution < -0.4 is 0 Å². The Balaban J connectivity index is 2.12. The maximum Gasteiger partial charge on any atom is 0.0572 e. The normalized spacial score (nSPS) is 25.3. The first-order chi connectivity index (χ1) is 3.39. The van der Waals surface area contributed by atoms with E-state index in [0.717, 1.165) is 19.3 Å². The van der Waals surface area contributed by atoms with Gasteiger partial charge in [0.1, 0.15) is 0 Å². The molecule has 1 aliphatic rings. The molecule has 1 atom stereocenters. The molecule has 0 aromatic carbocycles. The van der Waals surface area contributed by atoms with Crippen molar-refractivity contribution in [3.05, 3.63) is 12.8 Å². The molecule has 1 saturated carbocycles. The number of hydrogen-bond donors (Lipinski definition) is 1. The minimum Gasteiger partial charge on any atom is -0.393 e. The van der Waals surface area contributed by atoms with Crippen LogP contribution in [-0.2, 0) is 0 Å². The molecule has 0 heterocycles. The van der Waals surface area contributed by atoms with Crippen molar-refractivity contribution in [1.29, 1.82) is 0 Å². The van der Waals surface area contributed by atoms with E-state index in [9.17, 15) is 0 Å². The SMILES string of the molecule is OC1[CH]C[CH]CC1. The van der Waals surface area contributed by atoms with Gasteiger partial charge in [-0.2, -0.15) is 0 Å². The molecule has 40 valence electrons. The lowest BCUT2D eigenvalue weighted by atomic mass is 9.98. The maximum absolute atomic E-state index is 8.83. The average molecular weight is 98.1 g/mol. The van der Waals surface area contributed by atoms with Crippen LogP contribution in [-0.4, -0.2) is 11.2 Å². The summed E-state index contributed by atoms with van der Waals surface area (Å²) in [7, 11) is 0. The standard InChI is InChI=1S/C6H10O/c7-6-4-2-1-3-5-6/h1,4,6-7H,2-3,5H2. The summed E-state index contributed by atoms with van der Waals surface area (Å²) < 4.78 is 0. The monoisotopic (exact) mass is 98.1 g/mol. The van der Waals surface area contributed by atoms with Gasteiger partial charge in [-0.1, -0.05) is 0 Å². The molecule has 0 saturated heterocycles. The summed E-state index contributed by atoms with van der Waals surface area (Å²) >= 11 is 0. The van der Waals surface area contributed by atoms with Crippen LogP contribution in [0.1, 0.15) is 19.3 Å². The van der Waals surface area contributed by atoms with Crippen LogP contribution >= 0.6 is 0 Å². The minimum absolute atomic E-state index is 0.120. The Labute approximate surface area is 44.4 Å². The van der Waals surface area contributed by atoms with E-state index in [-0.39, 0.29) is 6.10 Å². The van der Waals surface area contributed by atoms with Crippen molar-refractivity contribution in [3.8, 4) is 0 Å². The van der Waals surface area contributed by atoms with Gasteiger partial charge in [0.05, 0.1) is 6.10 Å². The molecule has 0 bridgehead atoms. The maximum atomic E-state index is 8.83. The predicted octanol–water partition coefficient (Wildman–Crippen LogP) is 0.940. The third-order valence-electron chi connectivity index (χ3n) is 1.24. The summed E-state index contributed by atoms with van der Waals surface area (Å²) in [5.74, 6) is 0. The zero-order valence-electron chi connectivity index (χ0n) is 4.30. The van der Waals surface area contributed by atoms with Crippen LogP contribution in [0, 0.1) is 12.8 Å². The van der Waals surface area contributed by atoms with E-state index in [0.29, 0.717) is 0 Å². The second-order valence-corrected chi connectivity index (χ2v) is 1.90. The lowest BCUT2D eigenvalue weighted by Gasteiger charge is -2.13. The van der Waals surface area contributed by atoms with Gasteiger partial charge in [0.2, 0.25) is 0 Å². The number of aliphatic hydroxyl groups is 1. The molecule has 1 fully saturated rings. The molecule has 1 N–H and O–H groups in total. The minimum atomic E-state index is -0.120. The van der Waals surface area contributed by atoms with Gasteiger partial charge in [0, 0.05) is 0 Å². The van der Waals surface area contributed by atoms with E-state index < -0.39 is 0 Å². The van der Waals surface area contributed by atoms with Gasteiger partial charge in [-0.3, -0.25) is 0 Å². The van der Waals surface area contributed by atoms with Crippen molar-refractivity contribution >= 4 is 0 Å². The fourth-order valence-electron chi connectivity index (χ4n) is 0.778. The fraction of sp³-hybridized carbons (Fsp3) is 0.667. The van der Waals surface area contributed by atoms with Crippen LogP contribution in [0.3, 0.4) is 0 Å². The fourth-order valence-corrected chi connectivity index (χ4v) is 0.778. The molecule has 0 aromatic rings. The van der Waals surface area contributed by atoms with Gasteiger partial charge in [-0.25, -0.2) is 0 Å². The van der Waals surface area contributed by atoms with Crippen LogP contribution in [0.5, 0.6) is 0 Å². The Kier molecular flexibility index (Phi) is 1.69. The van der Waals surface area contributed by atoms with Crippen molar-refractivity contribution < 1.29 is 5.11 Å². The van der Waals surface area contributed by atoms with E-state index in [4.69, 9.17) is 5.11 Å². The molecule has 1 heteroatoms. The molecule has 0 spiro atoms. The summed E-state index contributed by atoms with van der Waals surface area (Å²) in [5, 5.41) is 8.83. The molecule has 7 heavy (non-hydrogen) atoms. The van der Waals surface area contributed by atoms with Crippen LogP contribution in [0.15, 0.2) is 0 Å². The van der Waals surface area contributed by atoms with E-state index in [1.807, 2.05) is 6.42 Å². The quantitative estimate of drug-likeness (QED) is 0.478. The molecule has 2 radical (unpaired) electrons. The molecular formula is C6H10O. The number of aliphatic hydroxyl groups excluding tert-OH is 1. The van der Waals surface area contributed by atoms with Gasteiger partial charge in [0.25, 0.3) is 0 Å². The summed E-state index contributed by atoms with van der Waals surface area (Å²) in [4.78, 5) is 0. The Morgan fingerprint density at radius 1 is 1.57 bits per heavy atom. The first-order valence-electron chi connectivity index (χ1n) is 2.72. The Morgan fingerprint density at radius 3 is 2.71 bits per heavy atom.